The summed E-state index contributed by atoms with van der Waals surface area (Å²) in [5.41, 5.74) is 1.50. The Morgan fingerprint density at radius 2 is 2.38 bits per heavy atom. The van der Waals surface area contributed by atoms with Crippen molar-refractivity contribution < 1.29 is 4.63 Å². The minimum Gasteiger partial charge on any atom is -0.296 e. The average Bonchev–Trinajstić information content (AvgIpc) is 2.65. The first kappa shape index (κ1) is 11.1. The Labute approximate surface area is 95.0 Å². The quantitative estimate of drug-likeness (QED) is 0.755. The number of nitriles is 1. The zero-order valence-electron chi connectivity index (χ0n) is 9.73. The Balaban J connectivity index is 2.02. The van der Waals surface area contributed by atoms with Crippen molar-refractivity contribution in [1.29, 1.82) is 5.26 Å². The van der Waals surface area contributed by atoms with E-state index in [9.17, 15) is 0 Å². The summed E-state index contributed by atoms with van der Waals surface area (Å²) < 4.78 is 4.67. The maximum Gasteiger partial charge on any atom is 0.122 e. The van der Waals surface area contributed by atoms with Gasteiger partial charge in [0.15, 0.2) is 0 Å². The molecule has 86 valence electrons. The molecule has 0 aromatic carbocycles. The van der Waals surface area contributed by atoms with E-state index in [1.54, 1.807) is 0 Å². The molecule has 1 aromatic rings. The van der Waals surface area contributed by atoms with Crippen molar-refractivity contribution >= 4 is 0 Å². The number of aromatic nitrogens is 2. The van der Waals surface area contributed by atoms with Crippen LogP contribution < -0.4 is 0 Å². The van der Waals surface area contributed by atoms with E-state index in [4.69, 9.17) is 5.26 Å². The van der Waals surface area contributed by atoms with E-state index in [0.29, 0.717) is 0 Å². The van der Waals surface area contributed by atoms with Crippen LogP contribution in [0.1, 0.15) is 31.2 Å². The molecular formula is C11H16N4O. The Bertz CT molecular complexity index is 408. The van der Waals surface area contributed by atoms with E-state index in [-0.39, 0.29) is 5.41 Å². The monoisotopic (exact) mass is 220 g/mol. The number of rotatable bonds is 2. The molecule has 2 heterocycles. The molecular weight excluding hydrogens is 204 g/mol. The van der Waals surface area contributed by atoms with Crippen LogP contribution in [-0.2, 0) is 6.54 Å². The molecule has 1 aromatic heterocycles. The molecule has 16 heavy (non-hydrogen) atoms. The molecule has 0 N–H and O–H groups in total. The molecule has 1 atom stereocenters. The van der Waals surface area contributed by atoms with E-state index in [0.717, 1.165) is 43.9 Å². The van der Waals surface area contributed by atoms with Crippen LogP contribution in [0.3, 0.4) is 0 Å². The first-order chi connectivity index (χ1) is 7.63. The van der Waals surface area contributed by atoms with Gasteiger partial charge in [-0.15, -0.1) is 0 Å². The third kappa shape index (κ3) is 2.22. The topological polar surface area (TPSA) is 66.0 Å². The summed E-state index contributed by atoms with van der Waals surface area (Å²) >= 11 is 0. The van der Waals surface area contributed by atoms with Crippen molar-refractivity contribution in [3.63, 3.8) is 0 Å². The predicted molar refractivity (Wildman–Crippen MR) is 57.3 cm³/mol. The van der Waals surface area contributed by atoms with Gasteiger partial charge in [0.2, 0.25) is 0 Å². The maximum atomic E-state index is 9.13. The fraction of sp³-hybridized carbons (Fsp3) is 0.727. The highest BCUT2D eigenvalue weighted by molar-refractivity contribution is 5.06. The lowest BCUT2D eigenvalue weighted by Gasteiger charge is -2.35. The van der Waals surface area contributed by atoms with Crippen molar-refractivity contribution in [2.24, 2.45) is 5.41 Å². The van der Waals surface area contributed by atoms with Gasteiger partial charge in [-0.1, -0.05) is 10.3 Å². The fourth-order valence-corrected chi connectivity index (χ4v) is 2.18. The SMILES string of the molecule is Cc1nonc1CN1CCC[C@@](C)(C#N)C1. The normalized spacial score (nSPS) is 26.6. The van der Waals surface area contributed by atoms with Gasteiger partial charge in [-0.05, 0) is 33.2 Å². The summed E-state index contributed by atoms with van der Waals surface area (Å²) in [5, 5.41) is 16.8. The average molecular weight is 220 g/mol. The lowest BCUT2D eigenvalue weighted by molar-refractivity contribution is 0.133. The van der Waals surface area contributed by atoms with E-state index in [1.807, 2.05) is 13.8 Å². The van der Waals surface area contributed by atoms with E-state index < -0.39 is 0 Å². The molecule has 0 unspecified atom stereocenters. The molecule has 0 amide bonds. The molecule has 5 heteroatoms. The summed E-state index contributed by atoms with van der Waals surface area (Å²) in [5.74, 6) is 0. The summed E-state index contributed by atoms with van der Waals surface area (Å²) in [6, 6.07) is 2.40. The van der Waals surface area contributed by atoms with Crippen LogP contribution in [0, 0.1) is 23.7 Å². The third-order valence-corrected chi connectivity index (χ3v) is 3.17. The summed E-state index contributed by atoms with van der Waals surface area (Å²) in [6.07, 6.45) is 2.05. The van der Waals surface area contributed by atoms with Gasteiger partial charge in [-0.25, -0.2) is 4.63 Å². The van der Waals surface area contributed by atoms with Crippen LogP contribution in [0.25, 0.3) is 0 Å². The largest absolute Gasteiger partial charge is 0.296 e. The van der Waals surface area contributed by atoms with Crippen LogP contribution in [0.15, 0.2) is 4.63 Å². The van der Waals surface area contributed by atoms with Gasteiger partial charge in [0.1, 0.15) is 11.4 Å². The van der Waals surface area contributed by atoms with Gasteiger partial charge in [0.25, 0.3) is 0 Å². The van der Waals surface area contributed by atoms with Gasteiger partial charge >= 0.3 is 0 Å². The van der Waals surface area contributed by atoms with Crippen molar-refractivity contribution in [2.75, 3.05) is 13.1 Å². The number of hydrogen-bond acceptors (Lipinski definition) is 5. The number of piperidine rings is 1. The highest BCUT2D eigenvalue weighted by Crippen LogP contribution is 2.29. The van der Waals surface area contributed by atoms with Crippen LogP contribution in [0.2, 0.25) is 0 Å². The smallest absolute Gasteiger partial charge is 0.122 e. The highest BCUT2D eigenvalue weighted by atomic mass is 16.6. The van der Waals surface area contributed by atoms with E-state index in [2.05, 4.69) is 25.9 Å². The number of nitrogens with zero attached hydrogens (tertiary/aromatic N) is 4. The minimum atomic E-state index is -0.219. The van der Waals surface area contributed by atoms with Crippen molar-refractivity contribution in [2.45, 2.75) is 33.2 Å². The van der Waals surface area contributed by atoms with E-state index >= 15 is 0 Å². The molecule has 0 bridgehead atoms. The highest BCUT2D eigenvalue weighted by Gasteiger charge is 2.31. The predicted octanol–water partition coefficient (Wildman–Crippen LogP) is 1.50. The van der Waals surface area contributed by atoms with E-state index in [1.165, 1.54) is 0 Å². The first-order valence-corrected chi connectivity index (χ1v) is 5.55. The van der Waals surface area contributed by atoms with Gasteiger partial charge < -0.3 is 0 Å². The molecule has 0 radical (unpaired) electrons. The van der Waals surface area contributed by atoms with Gasteiger partial charge in [-0.3, -0.25) is 4.90 Å². The Kier molecular flexibility index (Phi) is 2.92. The first-order valence-electron chi connectivity index (χ1n) is 5.55. The zero-order chi connectivity index (χ0) is 11.6. The lowest BCUT2D eigenvalue weighted by atomic mass is 9.83. The van der Waals surface area contributed by atoms with Crippen molar-refractivity contribution in [3.8, 4) is 6.07 Å². The van der Waals surface area contributed by atoms with Gasteiger partial charge in [-0.2, -0.15) is 5.26 Å². The Morgan fingerprint density at radius 3 is 3.00 bits per heavy atom. The zero-order valence-corrected chi connectivity index (χ0v) is 9.73. The van der Waals surface area contributed by atoms with Gasteiger partial charge in [0.05, 0.1) is 11.5 Å². The van der Waals surface area contributed by atoms with Crippen LogP contribution in [-0.4, -0.2) is 28.3 Å². The molecule has 1 aliphatic heterocycles. The molecule has 5 nitrogen and oxygen atoms in total. The molecule has 2 rings (SSSR count). The number of likely N-dealkylation sites (tertiary alicyclic amines) is 1. The molecule has 1 aliphatic rings. The van der Waals surface area contributed by atoms with Crippen molar-refractivity contribution in [1.82, 2.24) is 15.2 Å². The molecule has 1 fully saturated rings. The van der Waals surface area contributed by atoms with Crippen molar-refractivity contribution in [3.05, 3.63) is 11.4 Å². The second kappa shape index (κ2) is 4.22. The second-order valence-electron chi connectivity index (χ2n) is 4.78. The van der Waals surface area contributed by atoms with Crippen LogP contribution in [0.5, 0.6) is 0 Å². The summed E-state index contributed by atoms with van der Waals surface area (Å²) in [6.45, 7) is 6.46. The molecule has 0 spiro atoms. The Hall–Kier alpha value is -1.41. The lowest BCUT2D eigenvalue weighted by Crippen LogP contribution is -2.40. The maximum absolute atomic E-state index is 9.13. The molecule has 0 aliphatic carbocycles. The molecule has 0 saturated carbocycles. The van der Waals surface area contributed by atoms with Gasteiger partial charge in [0, 0.05) is 13.1 Å². The summed E-state index contributed by atoms with van der Waals surface area (Å²) in [7, 11) is 0. The molecule has 1 saturated heterocycles. The third-order valence-electron chi connectivity index (χ3n) is 3.17. The summed E-state index contributed by atoms with van der Waals surface area (Å²) in [4.78, 5) is 2.25. The standard InChI is InChI=1S/C11H16N4O/c1-9-10(14-16-13-9)6-15-5-3-4-11(2,7-12)8-15/h3-6,8H2,1-2H3/t11-/m0/s1. The second-order valence-corrected chi connectivity index (χ2v) is 4.78. The van der Waals surface area contributed by atoms with Crippen LogP contribution >= 0.6 is 0 Å². The van der Waals surface area contributed by atoms with Crippen LogP contribution in [0.4, 0.5) is 0 Å². The fourth-order valence-electron chi connectivity index (χ4n) is 2.18. The Morgan fingerprint density at radius 1 is 1.56 bits per heavy atom. The minimum absolute atomic E-state index is 0.219. The number of hydrogen-bond donors (Lipinski definition) is 0. The number of aryl methyl sites for hydroxylation is 1.